The van der Waals surface area contributed by atoms with E-state index in [-0.39, 0.29) is 5.75 Å². The van der Waals surface area contributed by atoms with Crippen LogP contribution in [0.4, 0.5) is 0 Å². The van der Waals surface area contributed by atoms with E-state index in [2.05, 4.69) is 16.8 Å². The third kappa shape index (κ3) is 9.55. The normalized spacial score (nSPS) is 11.1. The molecule has 0 unspecified atom stereocenters. The summed E-state index contributed by atoms with van der Waals surface area (Å²) in [4.78, 5) is 23.9. The fourth-order valence-electron chi connectivity index (χ4n) is 4.20. The first-order valence-electron chi connectivity index (χ1n) is 14.2. The number of hydrogen-bond acceptors (Lipinski definition) is 9. The molecule has 44 heavy (non-hydrogen) atoms. The van der Waals surface area contributed by atoms with Crippen molar-refractivity contribution >= 4 is 35.1 Å². The average molecular weight is 595 g/mol. The standard InChI is InChI=1S/C35H34N2O7/c1-3-34(39)43-19-7-5-4-6-18-42-32-17-13-29(22-33(32)41-2)35(40)44-31-16-12-27-20-26(8-11-28(27)21-31)24-37-36-23-25-9-14-30(38)15-10-25/h3,8-17,20-24,38H,1,4-7,18-19H2,2H3/b36-23+,37-24+. The highest BCUT2D eigenvalue weighted by atomic mass is 16.5. The Morgan fingerprint density at radius 3 is 2.20 bits per heavy atom. The lowest BCUT2D eigenvalue weighted by Crippen LogP contribution is -2.09. The molecule has 9 heteroatoms. The van der Waals surface area contributed by atoms with Gasteiger partial charge in [-0.05, 0) is 108 Å². The van der Waals surface area contributed by atoms with Gasteiger partial charge in [-0.1, -0.05) is 24.8 Å². The lowest BCUT2D eigenvalue weighted by Gasteiger charge is -2.12. The predicted molar refractivity (Wildman–Crippen MR) is 170 cm³/mol. The maximum absolute atomic E-state index is 12.9. The maximum Gasteiger partial charge on any atom is 0.343 e. The molecule has 0 bridgehead atoms. The quantitative estimate of drug-likeness (QED) is 0.0398. The fourth-order valence-corrected chi connectivity index (χ4v) is 4.20. The number of hydrogen-bond donors (Lipinski definition) is 1. The minimum Gasteiger partial charge on any atom is -0.508 e. The maximum atomic E-state index is 12.9. The zero-order valence-corrected chi connectivity index (χ0v) is 24.5. The Kier molecular flexibility index (Phi) is 11.6. The summed E-state index contributed by atoms with van der Waals surface area (Å²) in [6, 6.07) is 22.8. The van der Waals surface area contributed by atoms with E-state index in [4.69, 9.17) is 18.9 Å². The van der Waals surface area contributed by atoms with Gasteiger partial charge in [0.05, 0.1) is 38.3 Å². The van der Waals surface area contributed by atoms with Gasteiger partial charge in [-0.25, -0.2) is 9.59 Å². The van der Waals surface area contributed by atoms with Crippen LogP contribution in [0.5, 0.6) is 23.0 Å². The molecular weight excluding hydrogens is 560 g/mol. The number of methoxy groups -OCH3 is 1. The number of unbranched alkanes of at least 4 members (excludes halogenated alkanes) is 3. The molecule has 0 aliphatic carbocycles. The van der Waals surface area contributed by atoms with Crippen LogP contribution in [0.25, 0.3) is 10.8 Å². The van der Waals surface area contributed by atoms with Crippen molar-refractivity contribution in [2.75, 3.05) is 20.3 Å². The number of phenolic OH excluding ortho intramolecular Hbond substituents is 1. The largest absolute Gasteiger partial charge is 0.508 e. The van der Waals surface area contributed by atoms with Gasteiger partial charge in [-0.3, -0.25) is 0 Å². The van der Waals surface area contributed by atoms with Crippen LogP contribution >= 0.6 is 0 Å². The first-order valence-corrected chi connectivity index (χ1v) is 14.2. The Balaban J connectivity index is 1.28. The molecule has 0 aliphatic heterocycles. The third-order valence-electron chi connectivity index (χ3n) is 6.53. The van der Waals surface area contributed by atoms with Gasteiger partial charge in [-0.15, -0.1) is 0 Å². The molecule has 0 fully saturated rings. The summed E-state index contributed by atoms with van der Waals surface area (Å²) in [7, 11) is 1.52. The molecule has 226 valence electrons. The fraction of sp³-hybridized carbons (Fsp3) is 0.200. The SMILES string of the molecule is C=CC(=O)OCCCCCCOc1ccc(C(=O)Oc2ccc3cc(/C=N/N=C/c4ccc(O)cc4)ccc3c2)cc1OC. The Labute approximate surface area is 256 Å². The molecule has 0 heterocycles. The van der Waals surface area contributed by atoms with Gasteiger partial charge < -0.3 is 24.1 Å². The summed E-state index contributed by atoms with van der Waals surface area (Å²) in [5.41, 5.74) is 2.03. The van der Waals surface area contributed by atoms with Crippen LogP contribution in [0, 0.1) is 0 Å². The van der Waals surface area contributed by atoms with Crippen molar-refractivity contribution in [2.24, 2.45) is 10.2 Å². The van der Waals surface area contributed by atoms with Crippen LogP contribution in [-0.2, 0) is 9.53 Å². The predicted octanol–water partition coefficient (Wildman–Crippen LogP) is 6.89. The number of fused-ring (bicyclic) bond motifs is 1. The van der Waals surface area contributed by atoms with E-state index in [0.717, 1.165) is 53.7 Å². The zero-order chi connectivity index (χ0) is 31.1. The molecule has 0 saturated carbocycles. The van der Waals surface area contributed by atoms with Crippen LogP contribution in [0.2, 0.25) is 0 Å². The molecule has 4 aromatic rings. The second-order valence-corrected chi connectivity index (χ2v) is 9.74. The molecule has 1 N–H and O–H groups in total. The molecule has 0 aliphatic rings. The number of phenols is 1. The molecule has 0 saturated heterocycles. The van der Waals surface area contributed by atoms with Crippen LogP contribution in [0.1, 0.15) is 47.2 Å². The first-order chi connectivity index (χ1) is 21.4. The summed E-state index contributed by atoms with van der Waals surface area (Å²) >= 11 is 0. The molecule has 9 nitrogen and oxygen atoms in total. The molecule has 0 amide bonds. The van der Waals surface area contributed by atoms with Crippen molar-refractivity contribution in [3.63, 3.8) is 0 Å². The number of nitrogens with zero attached hydrogens (tertiary/aromatic N) is 2. The summed E-state index contributed by atoms with van der Waals surface area (Å²) in [6.07, 6.45) is 7.86. The number of ether oxygens (including phenoxy) is 4. The number of rotatable bonds is 15. The minimum atomic E-state index is -0.512. The van der Waals surface area contributed by atoms with Crippen molar-refractivity contribution < 1.29 is 33.6 Å². The summed E-state index contributed by atoms with van der Waals surface area (Å²) in [5, 5.41) is 19.4. The van der Waals surface area contributed by atoms with Crippen molar-refractivity contribution in [1.82, 2.24) is 0 Å². The zero-order valence-electron chi connectivity index (χ0n) is 24.5. The van der Waals surface area contributed by atoms with Gasteiger partial charge in [0.15, 0.2) is 11.5 Å². The van der Waals surface area contributed by atoms with Crippen LogP contribution in [-0.4, -0.2) is 49.8 Å². The number of aromatic hydroxyl groups is 1. The summed E-state index contributed by atoms with van der Waals surface area (Å²) < 4.78 is 21.9. The van der Waals surface area contributed by atoms with Gasteiger partial charge in [0.1, 0.15) is 11.5 Å². The number of carbonyl (C=O) groups excluding carboxylic acids is 2. The van der Waals surface area contributed by atoms with Gasteiger partial charge >= 0.3 is 11.9 Å². The number of carbonyl (C=O) groups is 2. The van der Waals surface area contributed by atoms with Crippen LogP contribution in [0.3, 0.4) is 0 Å². The van der Waals surface area contributed by atoms with Gasteiger partial charge in [0.2, 0.25) is 0 Å². The Hall–Kier alpha value is -5.44. The second kappa shape index (κ2) is 16.3. The molecule has 0 atom stereocenters. The van der Waals surface area contributed by atoms with Crippen molar-refractivity contribution in [3.05, 3.63) is 108 Å². The van der Waals surface area contributed by atoms with Gasteiger partial charge in [0, 0.05) is 6.08 Å². The van der Waals surface area contributed by atoms with E-state index >= 15 is 0 Å². The summed E-state index contributed by atoms with van der Waals surface area (Å²) in [5.74, 6) is 0.679. The van der Waals surface area contributed by atoms with Crippen LogP contribution in [0.15, 0.2) is 102 Å². The van der Waals surface area contributed by atoms with Crippen molar-refractivity contribution in [1.29, 1.82) is 0 Å². The monoisotopic (exact) mass is 594 g/mol. The average Bonchev–Trinajstić information content (AvgIpc) is 3.04. The van der Waals surface area contributed by atoms with Gasteiger partial charge in [0.25, 0.3) is 0 Å². The first kappa shape index (κ1) is 31.5. The molecule has 0 radical (unpaired) electrons. The van der Waals surface area contributed by atoms with E-state index in [1.807, 2.05) is 24.3 Å². The van der Waals surface area contributed by atoms with E-state index in [0.29, 0.717) is 36.0 Å². The van der Waals surface area contributed by atoms with E-state index < -0.39 is 11.9 Å². The highest BCUT2D eigenvalue weighted by Crippen LogP contribution is 2.29. The Morgan fingerprint density at radius 1 is 0.773 bits per heavy atom. The van der Waals surface area contributed by atoms with Crippen molar-refractivity contribution in [2.45, 2.75) is 25.7 Å². The highest BCUT2D eigenvalue weighted by Gasteiger charge is 2.14. The number of benzene rings is 4. The molecular formula is C35H34N2O7. The summed E-state index contributed by atoms with van der Waals surface area (Å²) in [6.45, 7) is 4.24. The van der Waals surface area contributed by atoms with Crippen molar-refractivity contribution in [3.8, 4) is 23.0 Å². The van der Waals surface area contributed by atoms with E-state index in [9.17, 15) is 14.7 Å². The Morgan fingerprint density at radius 2 is 1.45 bits per heavy atom. The molecule has 4 aromatic carbocycles. The smallest absolute Gasteiger partial charge is 0.343 e. The lowest BCUT2D eigenvalue weighted by molar-refractivity contribution is -0.137. The highest BCUT2D eigenvalue weighted by molar-refractivity contribution is 5.94. The Bertz CT molecular complexity index is 1650. The second-order valence-electron chi connectivity index (χ2n) is 9.74. The van der Waals surface area contributed by atoms with E-state index in [1.165, 1.54) is 7.11 Å². The van der Waals surface area contributed by atoms with Gasteiger partial charge in [-0.2, -0.15) is 10.2 Å². The lowest BCUT2D eigenvalue weighted by atomic mass is 10.1. The molecule has 0 aromatic heterocycles. The molecule has 0 spiro atoms. The topological polar surface area (TPSA) is 116 Å². The van der Waals surface area contributed by atoms with E-state index in [1.54, 1.807) is 67.0 Å². The minimum absolute atomic E-state index is 0.197. The third-order valence-corrected chi connectivity index (χ3v) is 6.53. The molecule has 4 rings (SSSR count). The van der Waals surface area contributed by atoms with Crippen LogP contribution < -0.4 is 14.2 Å². The number of esters is 2.